The van der Waals surface area contributed by atoms with E-state index in [-0.39, 0.29) is 21.4 Å². The zero-order valence-corrected chi connectivity index (χ0v) is 19.7. The number of hydrogen-bond donors (Lipinski definition) is 3. The number of rotatable bonds is 7. The lowest BCUT2D eigenvalue weighted by molar-refractivity contribution is 0.101. The number of carbonyl (C=O) groups excluding carboxylic acids is 2. The minimum atomic E-state index is -3.73. The van der Waals surface area contributed by atoms with Gasteiger partial charge in [-0.15, -0.1) is 11.3 Å². The predicted octanol–water partition coefficient (Wildman–Crippen LogP) is 5.36. The van der Waals surface area contributed by atoms with Crippen LogP contribution in [-0.2, 0) is 10.0 Å². The second kappa shape index (κ2) is 9.90. The zero-order chi connectivity index (χ0) is 24.1. The van der Waals surface area contributed by atoms with Crippen LogP contribution >= 0.6 is 11.3 Å². The lowest BCUT2D eigenvalue weighted by Crippen LogP contribution is -2.17. The highest BCUT2D eigenvalue weighted by atomic mass is 32.2. The summed E-state index contributed by atoms with van der Waals surface area (Å²) < 4.78 is 27.6. The predicted molar refractivity (Wildman–Crippen MR) is 135 cm³/mol. The third-order valence-electron chi connectivity index (χ3n) is 5.00. The molecule has 172 valence electrons. The monoisotopic (exact) mass is 491 g/mol. The maximum atomic E-state index is 12.9. The number of hydrogen-bond acceptors (Lipinski definition) is 5. The molecule has 3 N–H and O–H groups in total. The maximum Gasteiger partial charge on any atom is 0.271 e. The van der Waals surface area contributed by atoms with Gasteiger partial charge in [0.1, 0.15) is 4.21 Å². The Labute approximate surface area is 201 Å². The van der Waals surface area contributed by atoms with Crippen molar-refractivity contribution in [1.82, 2.24) is 0 Å². The number of nitrogens with one attached hydrogen (secondary N) is 3. The Morgan fingerprint density at radius 3 is 2.24 bits per heavy atom. The Morgan fingerprint density at radius 1 is 0.765 bits per heavy atom. The molecular formula is C25H21N3O4S2. The molecule has 7 nitrogen and oxygen atoms in total. The Kier molecular flexibility index (Phi) is 6.76. The molecule has 0 bridgehead atoms. The normalized spacial score (nSPS) is 11.0. The molecule has 0 saturated carbocycles. The van der Waals surface area contributed by atoms with Crippen LogP contribution < -0.4 is 15.4 Å². The van der Waals surface area contributed by atoms with Crippen LogP contribution in [0.15, 0.2) is 94.5 Å². The highest BCUT2D eigenvalue weighted by molar-refractivity contribution is 7.94. The molecule has 0 saturated heterocycles. The van der Waals surface area contributed by atoms with E-state index in [4.69, 9.17) is 0 Å². The number of benzene rings is 3. The third kappa shape index (κ3) is 5.33. The van der Waals surface area contributed by atoms with Crippen LogP contribution in [0.5, 0.6) is 0 Å². The molecule has 0 aliphatic heterocycles. The van der Waals surface area contributed by atoms with Gasteiger partial charge in [-0.25, -0.2) is 8.42 Å². The van der Waals surface area contributed by atoms with Crippen molar-refractivity contribution in [2.24, 2.45) is 0 Å². The van der Waals surface area contributed by atoms with E-state index in [0.717, 1.165) is 11.3 Å². The molecule has 0 aliphatic carbocycles. The Bertz CT molecular complexity index is 1430. The molecule has 4 aromatic rings. The second-order valence-corrected chi connectivity index (χ2v) is 10.2. The average Bonchev–Trinajstić information content (AvgIpc) is 3.37. The number of amides is 2. The van der Waals surface area contributed by atoms with E-state index in [9.17, 15) is 18.0 Å². The van der Waals surface area contributed by atoms with Crippen molar-refractivity contribution >= 4 is 50.2 Å². The summed E-state index contributed by atoms with van der Waals surface area (Å²) in [6.45, 7) is 1.75. The highest BCUT2D eigenvalue weighted by Crippen LogP contribution is 2.23. The molecule has 1 aromatic heterocycles. The van der Waals surface area contributed by atoms with E-state index in [1.165, 1.54) is 12.1 Å². The van der Waals surface area contributed by atoms with Crippen LogP contribution in [0.1, 0.15) is 26.3 Å². The largest absolute Gasteiger partial charge is 0.322 e. The van der Waals surface area contributed by atoms with Crippen LogP contribution in [0.3, 0.4) is 0 Å². The molecule has 0 fully saturated rings. The summed E-state index contributed by atoms with van der Waals surface area (Å²) in [5, 5.41) is 7.32. The first-order chi connectivity index (χ1) is 16.3. The molecule has 4 rings (SSSR count). The number of para-hydroxylation sites is 1. The van der Waals surface area contributed by atoms with Crippen molar-refractivity contribution < 1.29 is 18.0 Å². The Hall–Kier alpha value is -3.95. The molecule has 0 aliphatic rings. The van der Waals surface area contributed by atoms with E-state index in [1.807, 2.05) is 18.2 Å². The van der Waals surface area contributed by atoms with E-state index in [2.05, 4.69) is 15.4 Å². The van der Waals surface area contributed by atoms with Crippen molar-refractivity contribution in [2.45, 2.75) is 11.1 Å². The molecule has 0 atom stereocenters. The second-order valence-electron chi connectivity index (χ2n) is 7.37. The summed E-state index contributed by atoms with van der Waals surface area (Å²) in [6.07, 6.45) is 0. The third-order valence-corrected chi connectivity index (χ3v) is 7.77. The van der Waals surface area contributed by atoms with Crippen molar-refractivity contribution in [1.29, 1.82) is 0 Å². The number of thiophene rings is 1. The Balaban J connectivity index is 1.50. The van der Waals surface area contributed by atoms with E-state index >= 15 is 0 Å². The fourth-order valence-corrected chi connectivity index (χ4v) is 5.32. The van der Waals surface area contributed by atoms with Gasteiger partial charge in [0.25, 0.3) is 21.8 Å². The number of sulfonamides is 1. The molecule has 34 heavy (non-hydrogen) atoms. The van der Waals surface area contributed by atoms with Crippen LogP contribution in [0.2, 0.25) is 0 Å². The number of carbonyl (C=O) groups is 2. The molecule has 3 aromatic carbocycles. The molecule has 1 heterocycles. The fraction of sp³-hybridized carbons (Fsp3) is 0.0400. The minimum absolute atomic E-state index is 0.184. The van der Waals surface area contributed by atoms with E-state index in [1.54, 1.807) is 66.9 Å². The molecule has 0 spiro atoms. The minimum Gasteiger partial charge on any atom is -0.322 e. The first-order valence-electron chi connectivity index (χ1n) is 10.3. The van der Waals surface area contributed by atoms with Gasteiger partial charge in [-0.3, -0.25) is 14.3 Å². The average molecular weight is 492 g/mol. The van der Waals surface area contributed by atoms with Gasteiger partial charge in [0.05, 0.1) is 0 Å². The maximum absolute atomic E-state index is 12.9. The quantitative estimate of drug-likeness (QED) is 0.324. The summed E-state index contributed by atoms with van der Waals surface area (Å²) in [5.41, 5.74) is 2.73. The van der Waals surface area contributed by atoms with E-state index < -0.39 is 15.9 Å². The van der Waals surface area contributed by atoms with Crippen molar-refractivity contribution in [3.63, 3.8) is 0 Å². The van der Waals surface area contributed by atoms with Gasteiger partial charge < -0.3 is 10.6 Å². The van der Waals surface area contributed by atoms with Crippen molar-refractivity contribution in [3.8, 4) is 0 Å². The first kappa shape index (κ1) is 23.2. The molecule has 9 heteroatoms. The van der Waals surface area contributed by atoms with Gasteiger partial charge in [-0.05, 0) is 66.4 Å². The van der Waals surface area contributed by atoms with Gasteiger partial charge in [0.15, 0.2) is 0 Å². The van der Waals surface area contributed by atoms with Gasteiger partial charge in [-0.2, -0.15) is 0 Å². The Morgan fingerprint density at radius 2 is 1.50 bits per heavy atom. The summed E-state index contributed by atoms with van der Waals surface area (Å²) in [5.74, 6) is -0.717. The molecular weight excluding hydrogens is 470 g/mol. The highest BCUT2D eigenvalue weighted by Gasteiger charge is 2.17. The zero-order valence-electron chi connectivity index (χ0n) is 18.1. The van der Waals surface area contributed by atoms with Crippen LogP contribution in [0, 0.1) is 6.92 Å². The SMILES string of the molecule is Cc1c(NC(=O)c2cccc(NS(=O)(=O)c3cccs3)c2)cccc1C(=O)Nc1ccccc1. The summed E-state index contributed by atoms with van der Waals surface area (Å²) >= 11 is 1.10. The molecule has 0 radical (unpaired) electrons. The summed E-state index contributed by atoms with van der Waals surface area (Å²) in [7, 11) is -3.73. The summed E-state index contributed by atoms with van der Waals surface area (Å²) in [6, 6.07) is 23.5. The van der Waals surface area contributed by atoms with Gasteiger partial charge in [0, 0.05) is 28.2 Å². The molecule has 0 unspecified atom stereocenters. The van der Waals surface area contributed by atoms with Gasteiger partial charge in [-0.1, -0.05) is 36.4 Å². The van der Waals surface area contributed by atoms with Crippen LogP contribution in [-0.4, -0.2) is 20.2 Å². The van der Waals surface area contributed by atoms with Gasteiger partial charge in [0.2, 0.25) is 0 Å². The van der Waals surface area contributed by atoms with Crippen LogP contribution in [0.25, 0.3) is 0 Å². The topological polar surface area (TPSA) is 104 Å². The lowest BCUT2D eigenvalue weighted by Gasteiger charge is -2.13. The molecule has 2 amide bonds. The fourth-order valence-electron chi connectivity index (χ4n) is 3.28. The van der Waals surface area contributed by atoms with Gasteiger partial charge >= 0.3 is 0 Å². The smallest absolute Gasteiger partial charge is 0.271 e. The van der Waals surface area contributed by atoms with Crippen molar-refractivity contribution in [2.75, 3.05) is 15.4 Å². The van der Waals surface area contributed by atoms with E-state index in [0.29, 0.717) is 22.5 Å². The number of anilines is 3. The standard InChI is InChI=1S/C25H21N3O4S2/c1-17-21(25(30)26-19-9-3-2-4-10-19)12-6-13-22(17)27-24(29)18-8-5-11-20(16-18)28-34(31,32)23-14-7-15-33-23/h2-16,28H,1H3,(H,26,30)(H,27,29). The first-order valence-corrected chi connectivity index (χ1v) is 12.6. The van der Waals surface area contributed by atoms with Crippen LogP contribution in [0.4, 0.5) is 17.1 Å². The lowest BCUT2D eigenvalue weighted by atomic mass is 10.1. The summed E-state index contributed by atoms with van der Waals surface area (Å²) in [4.78, 5) is 25.6. The van der Waals surface area contributed by atoms with Crippen molar-refractivity contribution in [3.05, 3.63) is 107 Å².